The molecule has 0 N–H and O–H groups in total. The fourth-order valence-corrected chi connectivity index (χ4v) is 3.27. The quantitative estimate of drug-likeness (QED) is 0.826. The van der Waals surface area contributed by atoms with E-state index in [1.807, 2.05) is 13.8 Å². The van der Waals surface area contributed by atoms with E-state index < -0.39 is 5.79 Å². The molecule has 2 aliphatic rings. The van der Waals surface area contributed by atoms with Crippen LogP contribution < -0.4 is 0 Å². The van der Waals surface area contributed by atoms with Crippen molar-refractivity contribution >= 4 is 0 Å². The molecule has 0 aliphatic carbocycles. The molecule has 2 fully saturated rings. The number of hydrogen-bond acceptors (Lipinski definition) is 3. The van der Waals surface area contributed by atoms with E-state index in [0.717, 1.165) is 6.61 Å². The Kier molecular flexibility index (Phi) is 4.11. The molecular weight excluding hydrogens is 250 g/mol. The molecule has 2 saturated heterocycles. The molecule has 2 heterocycles. The van der Waals surface area contributed by atoms with Gasteiger partial charge in [0.2, 0.25) is 0 Å². The van der Waals surface area contributed by atoms with E-state index in [4.69, 9.17) is 9.47 Å². The highest BCUT2D eigenvalue weighted by Gasteiger charge is 2.40. The zero-order valence-corrected chi connectivity index (χ0v) is 12.5. The topological polar surface area (TPSA) is 21.7 Å². The highest BCUT2D eigenvalue weighted by Crippen LogP contribution is 2.36. The number of piperidine rings is 1. The molecule has 1 aromatic rings. The van der Waals surface area contributed by atoms with Crippen LogP contribution in [-0.4, -0.2) is 36.4 Å². The Morgan fingerprint density at radius 2 is 1.75 bits per heavy atom. The van der Waals surface area contributed by atoms with Crippen molar-refractivity contribution in [2.75, 3.05) is 19.7 Å². The molecule has 110 valence electrons. The Hall–Kier alpha value is -0.900. The van der Waals surface area contributed by atoms with Gasteiger partial charge >= 0.3 is 0 Å². The Morgan fingerprint density at radius 3 is 2.45 bits per heavy atom. The van der Waals surface area contributed by atoms with Crippen molar-refractivity contribution in [2.45, 2.75) is 51.0 Å². The van der Waals surface area contributed by atoms with E-state index in [9.17, 15) is 0 Å². The normalized spacial score (nSPS) is 31.1. The Morgan fingerprint density at radius 1 is 1.05 bits per heavy atom. The zero-order chi connectivity index (χ0) is 14.0. The number of likely N-dealkylation sites (tertiary alicyclic amines) is 1. The standard InChI is InChI=1S/C17H25NO2/c1-17(2)19-13-15(18-11-7-4-8-12-18)16(20-17)14-9-5-3-6-10-14/h3,5-6,9-10,15-16H,4,7-8,11-13H2,1-2H3/t15-,16+/m0/s1. The van der Waals surface area contributed by atoms with E-state index >= 15 is 0 Å². The summed E-state index contributed by atoms with van der Waals surface area (Å²) in [5.41, 5.74) is 1.26. The molecule has 0 bridgehead atoms. The van der Waals surface area contributed by atoms with E-state index in [-0.39, 0.29) is 6.10 Å². The van der Waals surface area contributed by atoms with Gasteiger partial charge in [0.1, 0.15) is 6.10 Å². The lowest BCUT2D eigenvalue weighted by Gasteiger charge is -2.46. The minimum atomic E-state index is -0.493. The van der Waals surface area contributed by atoms with Gasteiger partial charge in [-0.15, -0.1) is 0 Å². The number of hydrogen-bond donors (Lipinski definition) is 0. The van der Waals surface area contributed by atoms with Crippen molar-refractivity contribution in [3.05, 3.63) is 35.9 Å². The van der Waals surface area contributed by atoms with Gasteiger partial charge in [0.05, 0.1) is 12.6 Å². The number of ether oxygens (including phenoxy) is 2. The number of benzene rings is 1. The van der Waals surface area contributed by atoms with Gasteiger partial charge in [-0.2, -0.15) is 0 Å². The Labute approximate surface area is 121 Å². The molecule has 0 unspecified atom stereocenters. The average molecular weight is 275 g/mol. The fraction of sp³-hybridized carbons (Fsp3) is 0.647. The largest absolute Gasteiger partial charge is 0.349 e. The summed E-state index contributed by atoms with van der Waals surface area (Å²) in [4.78, 5) is 2.55. The lowest BCUT2D eigenvalue weighted by molar-refractivity contribution is -0.297. The van der Waals surface area contributed by atoms with Crippen LogP contribution in [0.15, 0.2) is 30.3 Å². The summed E-state index contributed by atoms with van der Waals surface area (Å²) in [6.07, 6.45) is 4.05. The third-order valence-electron chi connectivity index (χ3n) is 4.35. The van der Waals surface area contributed by atoms with Crippen molar-refractivity contribution < 1.29 is 9.47 Å². The Balaban J connectivity index is 1.83. The first-order chi connectivity index (χ1) is 9.66. The summed E-state index contributed by atoms with van der Waals surface area (Å²) in [5.74, 6) is -0.493. The molecule has 0 saturated carbocycles. The molecule has 0 aromatic heterocycles. The molecular formula is C17H25NO2. The van der Waals surface area contributed by atoms with Crippen LogP contribution in [0.4, 0.5) is 0 Å². The van der Waals surface area contributed by atoms with Gasteiger partial charge in [0, 0.05) is 0 Å². The molecule has 0 radical (unpaired) electrons. The monoisotopic (exact) mass is 275 g/mol. The molecule has 3 heteroatoms. The molecule has 20 heavy (non-hydrogen) atoms. The zero-order valence-electron chi connectivity index (χ0n) is 12.5. The second-order valence-corrected chi connectivity index (χ2v) is 6.32. The maximum atomic E-state index is 6.26. The molecule has 0 amide bonds. The predicted octanol–water partition coefficient (Wildman–Crippen LogP) is 3.37. The summed E-state index contributed by atoms with van der Waals surface area (Å²) in [7, 11) is 0. The van der Waals surface area contributed by atoms with Gasteiger partial charge in [0.25, 0.3) is 0 Å². The second-order valence-electron chi connectivity index (χ2n) is 6.32. The summed E-state index contributed by atoms with van der Waals surface area (Å²) < 4.78 is 12.2. The van der Waals surface area contributed by atoms with Crippen LogP contribution in [0.2, 0.25) is 0 Å². The lowest BCUT2D eigenvalue weighted by atomic mass is 9.97. The maximum absolute atomic E-state index is 6.26. The van der Waals surface area contributed by atoms with E-state index in [1.54, 1.807) is 0 Å². The molecule has 3 nitrogen and oxygen atoms in total. The maximum Gasteiger partial charge on any atom is 0.163 e. The molecule has 0 spiro atoms. The lowest BCUT2D eigenvalue weighted by Crippen LogP contribution is -2.53. The summed E-state index contributed by atoms with van der Waals surface area (Å²) in [5, 5.41) is 0. The summed E-state index contributed by atoms with van der Waals surface area (Å²) in [6, 6.07) is 10.9. The molecule has 3 rings (SSSR count). The Bertz CT molecular complexity index is 426. The minimum Gasteiger partial charge on any atom is -0.349 e. The molecule has 1 aromatic carbocycles. The second kappa shape index (κ2) is 5.84. The van der Waals surface area contributed by atoms with Crippen molar-refractivity contribution in [2.24, 2.45) is 0 Å². The average Bonchev–Trinajstić information content (AvgIpc) is 2.48. The fourth-order valence-electron chi connectivity index (χ4n) is 3.27. The smallest absolute Gasteiger partial charge is 0.163 e. The summed E-state index contributed by atoms with van der Waals surface area (Å²) >= 11 is 0. The van der Waals surface area contributed by atoms with Gasteiger partial charge in [-0.05, 0) is 45.3 Å². The van der Waals surface area contributed by atoms with Gasteiger partial charge in [-0.3, -0.25) is 4.90 Å². The van der Waals surface area contributed by atoms with E-state index in [1.165, 1.54) is 37.9 Å². The first-order valence-corrected chi connectivity index (χ1v) is 7.76. The van der Waals surface area contributed by atoms with Crippen LogP contribution in [0.3, 0.4) is 0 Å². The van der Waals surface area contributed by atoms with Crippen LogP contribution >= 0.6 is 0 Å². The van der Waals surface area contributed by atoms with Crippen LogP contribution in [0.1, 0.15) is 44.8 Å². The van der Waals surface area contributed by atoms with Crippen molar-refractivity contribution in [1.29, 1.82) is 0 Å². The van der Waals surface area contributed by atoms with Gasteiger partial charge in [0.15, 0.2) is 5.79 Å². The van der Waals surface area contributed by atoms with E-state index in [0.29, 0.717) is 6.04 Å². The molecule has 2 atom stereocenters. The first kappa shape index (κ1) is 14.1. The van der Waals surface area contributed by atoms with Crippen molar-refractivity contribution in [3.63, 3.8) is 0 Å². The van der Waals surface area contributed by atoms with Gasteiger partial charge in [-0.25, -0.2) is 0 Å². The predicted molar refractivity (Wildman–Crippen MR) is 79.5 cm³/mol. The van der Waals surface area contributed by atoms with Crippen LogP contribution in [-0.2, 0) is 9.47 Å². The van der Waals surface area contributed by atoms with Crippen molar-refractivity contribution in [1.82, 2.24) is 4.90 Å². The highest BCUT2D eigenvalue weighted by molar-refractivity contribution is 5.20. The number of rotatable bonds is 2. The van der Waals surface area contributed by atoms with Crippen LogP contribution in [0, 0.1) is 0 Å². The van der Waals surface area contributed by atoms with E-state index in [2.05, 4.69) is 35.2 Å². The third kappa shape index (κ3) is 3.05. The third-order valence-corrected chi connectivity index (χ3v) is 4.35. The SMILES string of the molecule is CC1(C)OC[C@H](N2CCCCC2)[C@@H](c2ccccc2)O1. The first-order valence-electron chi connectivity index (χ1n) is 7.76. The minimum absolute atomic E-state index is 0.109. The molecule has 2 aliphatic heterocycles. The number of nitrogens with zero attached hydrogens (tertiary/aromatic N) is 1. The van der Waals surface area contributed by atoms with Crippen molar-refractivity contribution in [3.8, 4) is 0 Å². The van der Waals surface area contributed by atoms with Gasteiger partial charge in [-0.1, -0.05) is 36.8 Å². The van der Waals surface area contributed by atoms with Crippen LogP contribution in [0.5, 0.6) is 0 Å². The van der Waals surface area contributed by atoms with Gasteiger partial charge < -0.3 is 9.47 Å². The summed E-state index contributed by atoms with van der Waals surface area (Å²) in [6.45, 7) is 7.11. The highest BCUT2D eigenvalue weighted by atomic mass is 16.7. The van der Waals surface area contributed by atoms with Crippen LogP contribution in [0.25, 0.3) is 0 Å².